The summed E-state index contributed by atoms with van der Waals surface area (Å²) in [6, 6.07) is 98.3. The van der Waals surface area contributed by atoms with E-state index in [0.29, 0.717) is 0 Å². The Morgan fingerprint density at radius 2 is 0.609 bits per heavy atom. The summed E-state index contributed by atoms with van der Waals surface area (Å²) >= 11 is 0. The quantitative estimate of drug-likeness (QED) is 0.152. The van der Waals surface area contributed by atoms with Crippen LogP contribution in [0.2, 0.25) is 0 Å². The molecule has 0 amide bonds. The van der Waals surface area contributed by atoms with Gasteiger partial charge in [0, 0.05) is 110 Å². The summed E-state index contributed by atoms with van der Waals surface area (Å²) < 4.78 is 19.5. The van der Waals surface area contributed by atoms with E-state index in [-0.39, 0.29) is 10.8 Å². The second-order valence-corrected chi connectivity index (χ2v) is 27.1. The van der Waals surface area contributed by atoms with Gasteiger partial charge in [-0.25, -0.2) is 0 Å². The second-order valence-electron chi connectivity index (χ2n) is 27.1. The highest BCUT2D eigenvalue weighted by molar-refractivity contribution is 6.38. The summed E-state index contributed by atoms with van der Waals surface area (Å²) in [4.78, 5) is 4.77. The Balaban J connectivity index is 0.886. The lowest BCUT2D eigenvalue weighted by Gasteiger charge is -2.25. The van der Waals surface area contributed by atoms with Crippen molar-refractivity contribution in [3.63, 3.8) is 0 Å². The van der Waals surface area contributed by atoms with Crippen LogP contribution in [0.3, 0.4) is 0 Å². The lowest BCUT2D eigenvalue weighted by molar-refractivity contribution is 0.572. The molecule has 19 aromatic rings. The number of hydrogen-bond donors (Lipinski definition) is 0. The maximum Gasteiger partial charge on any atom is 0.159 e. The third-order valence-corrected chi connectivity index (χ3v) is 19.7. The second kappa shape index (κ2) is 19.1. The molecule has 0 aliphatic carbocycles. The molecule has 0 bridgehead atoms. The molecule has 13 aromatic carbocycles. The normalized spacial score (nSPS) is 12.7. The SMILES string of the molecule is CC(C)(C)c1cccc2c1oc1c(N(c3ccccc3)c3ccc4c(c3)c3cccc5c6c(-c7ccccc7)c7c(c(-c8ccccc8)c6n4c35)c3cccc4c5cc(N(c6ccccc6)c6cccc8c6oc6c(C(C)(C)C)cccc68)ccc5n7c43)cccc12. The Morgan fingerprint density at radius 3 is 1.00 bits per heavy atom. The van der Waals surface area contributed by atoms with Gasteiger partial charge in [-0.3, -0.25) is 0 Å². The van der Waals surface area contributed by atoms with Gasteiger partial charge in [-0.15, -0.1) is 0 Å². The molecule has 6 nitrogen and oxygen atoms in total. The monoisotopic (exact) mass is 1180 g/mol. The van der Waals surface area contributed by atoms with Crippen LogP contribution in [0.15, 0.2) is 276 Å². The van der Waals surface area contributed by atoms with E-state index in [1.54, 1.807) is 0 Å². The average Bonchev–Trinajstić information content (AvgIpc) is 1.51. The van der Waals surface area contributed by atoms with Crippen molar-refractivity contribution < 1.29 is 8.83 Å². The molecule has 0 spiro atoms. The number of anilines is 6. The van der Waals surface area contributed by atoms with Crippen molar-refractivity contribution >= 4 is 154 Å². The maximum absolute atomic E-state index is 7.12. The molecule has 0 aliphatic heterocycles. The standard InChI is InChI=1S/C86H62N4O2/c1-85(2,3)67-41-21-35-59-61-37-23-43-71(83(61)91-81(59)67)87(53-29-15-9-16-30-53)55-45-47-69-65(49-55)57-33-19-39-63-75-74(52-27-13-8-14-28-52)80-76(73(51-25-11-7-12-26-51)79(75)89(69)77(57)63)64-40-20-34-58-66-50-56(46-48-70(66)90(80)78(58)64)88(54-31-17-10-18-32-54)72-44-24-38-62-60-36-22-42-68(86(4,5)6)82(60)92-84(62)72/h7-50H,1-6H3. The van der Waals surface area contributed by atoms with E-state index in [2.05, 4.69) is 327 Å². The third-order valence-electron chi connectivity index (χ3n) is 19.7. The lowest BCUT2D eigenvalue weighted by atomic mass is 9.86. The molecule has 6 heteroatoms. The van der Waals surface area contributed by atoms with Crippen LogP contribution in [-0.4, -0.2) is 8.80 Å². The maximum atomic E-state index is 7.12. The van der Waals surface area contributed by atoms with E-state index in [1.165, 1.54) is 98.5 Å². The predicted molar refractivity (Wildman–Crippen MR) is 388 cm³/mol. The van der Waals surface area contributed by atoms with Crippen molar-refractivity contribution in [3.05, 3.63) is 278 Å². The smallest absolute Gasteiger partial charge is 0.159 e. The number of fused-ring (bicyclic) bond motifs is 18. The molecule has 438 valence electrons. The highest BCUT2D eigenvalue weighted by atomic mass is 16.3. The Kier molecular flexibility index (Phi) is 10.9. The first-order valence-electron chi connectivity index (χ1n) is 32.1. The molecule has 0 saturated heterocycles. The molecule has 6 heterocycles. The van der Waals surface area contributed by atoms with Gasteiger partial charge in [0.15, 0.2) is 11.2 Å². The largest absolute Gasteiger partial charge is 0.454 e. The van der Waals surface area contributed by atoms with E-state index in [4.69, 9.17) is 8.83 Å². The Morgan fingerprint density at radius 1 is 0.272 bits per heavy atom. The number of furan rings is 2. The van der Waals surface area contributed by atoms with Gasteiger partial charge in [-0.05, 0) is 94.8 Å². The number of nitrogens with zero attached hydrogens (tertiary/aromatic N) is 4. The van der Waals surface area contributed by atoms with Gasteiger partial charge >= 0.3 is 0 Å². The van der Waals surface area contributed by atoms with Crippen molar-refractivity contribution in [1.29, 1.82) is 0 Å². The fraction of sp³-hybridized carbons (Fsp3) is 0.0930. The summed E-state index contributed by atoms with van der Waals surface area (Å²) in [6.45, 7) is 13.6. The van der Waals surface area contributed by atoms with Crippen LogP contribution in [-0.2, 0) is 10.8 Å². The van der Waals surface area contributed by atoms with Crippen LogP contribution in [0.25, 0.3) is 142 Å². The Bertz CT molecular complexity index is 5810. The molecule has 92 heavy (non-hydrogen) atoms. The van der Waals surface area contributed by atoms with Crippen LogP contribution in [0.1, 0.15) is 52.7 Å². The first kappa shape index (κ1) is 52.6. The molecule has 0 unspecified atom stereocenters. The molecule has 0 saturated carbocycles. The molecule has 0 fully saturated rings. The van der Waals surface area contributed by atoms with Crippen LogP contribution in [0, 0.1) is 0 Å². The fourth-order valence-corrected chi connectivity index (χ4v) is 15.9. The molecule has 0 aliphatic rings. The third kappa shape index (κ3) is 7.32. The van der Waals surface area contributed by atoms with Crippen LogP contribution in [0.5, 0.6) is 0 Å². The number of rotatable bonds is 8. The minimum Gasteiger partial charge on any atom is -0.454 e. The van der Waals surface area contributed by atoms with E-state index in [0.717, 1.165) is 89.0 Å². The van der Waals surface area contributed by atoms with E-state index >= 15 is 0 Å². The zero-order valence-corrected chi connectivity index (χ0v) is 52.0. The first-order chi connectivity index (χ1) is 45.0. The van der Waals surface area contributed by atoms with Crippen LogP contribution < -0.4 is 9.80 Å². The summed E-state index contributed by atoms with van der Waals surface area (Å²) in [6.07, 6.45) is 0. The first-order valence-corrected chi connectivity index (χ1v) is 32.1. The Hall–Kier alpha value is -11.3. The van der Waals surface area contributed by atoms with E-state index < -0.39 is 0 Å². The van der Waals surface area contributed by atoms with Crippen molar-refractivity contribution in [2.24, 2.45) is 0 Å². The highest BCUT2D eigenvalue weighted by Crippen LogP contribution is 2.56. The van der Waals surface area contributed by atoms with Crippen molar-refractivity contribution in [2.75, 3.05) is 9.80 Å². The summed E-state index contributed by atoms with van der Waals surface area (Å²) in [5.41, 5.74) is 23.9. The summed E-state index contributed by atoms with van der Waals surface area (Å²) in [5.74, 6) is 0. The molecule has 6 aromatic heterocycles. The van der Waals surface area contributed by atoms with Crippen molar-refractivity contribution in [2.45, 2.75) is 52.4 Å². The van der Waals surface area contributed by atoms with Gasteiger partial charge < -0.3 is 27.4 Å². The molecule has 0 atom stereocenters. The van der Waals surface area contributed by atoms with Gasteiger partial charge in [0.1, 0.15) is 11.2 Å². The minimum atomic E-state index is -0.105. The minimum absolute atomic E-state index is 0.105. The van der Waals surface area contributed by atoms with E-state index in [9.17, 15) is 0 Å². The number of hydrogen-bond acceptors (Lipinski definition) is 4. The zero-order valence-electron chi connectivity index (χ0n) is 52.0. The molecule has 0 radical (unpaired) electrons. The van der Waals surface area contributed by atoms with Gasteiger partial charge in [0.2, 0.25) is 0 Å². The highest BCUT2D eigenvalue weighted by Gasteiger charge is 2.33. The molecular formula is C86H62N4O2. The van der Waals surface area contributed by atoms with Gasteiger partial charge in [-0.1, -0.05) is 236 Å². The average molecular weight is 1180 g/mol. The topological polar surface area (TPSA) is 41.6 Å². The number of para-hydroxylation sites is 8. The summed E-state index contributed by atoms with van der Waals surface area (Å²) in [5, 5.41) is 14.2. The Labute approximate surface area is 531 Å². The summed E-state index contributed by atoms with van der Waals surface area (Å²) in [7, 11) is 0. The lowest BCUT2D eigenvalue weighted by Crippen LogP contribution is -2.11. The van der Waals surface area contributed by atoms with Crippen LogP contribution >= 0.6 is 0 Å². The zero-order chi connectivity index (χ0) is 61.5. The molecule has 0 N–H and O–H groups in total. The van der Waals surface area contributed by atoms with E-state index in [1.807, 2.05) is 0 Å². The van der Waals surface area contributed by atoms with Crippen molar-refractivity contribution in [3.8, 4) is 22.3 Å². The van der Waals surface area contributed by atoms with Gasteiger partial charge in [0.25, 0.3) is 0 Å². The number of aromatic nitrogens is 2. The molecule has 19 rings (SSSR count). The fourth-order valence-electron chi connectivity index (χ4n) is 15.9. The van der Waals surface area contributed by atoms with Crippen molar-refractivity contribution in [1.82, 2.24) is 8.80 Å². The number of benzene rings is 13. The van der Waals surface area contributed by atoms with Gasteiger partial charge in [0.05, 0.1) is 44.5 Å². The molecular weight excluding hydrogens is 1120 g/mol. The predicted octanol–water partition coefficient (Wildman–Crippen LogP) is 24.7. The van der Waals surface area contributed by atoms with Crippen LogP contribution in [0.4, 0.5) is 34.1 Å². The van der Waals surface area contributed by atoms with Gasteiger partial charge in [-0.2, -0.15) is 0 Å².